The summed E-state index contributed by atoms with van der Waals surface area (Å²) in [6.07, 6.45) is 20.5. The lowest BCUT2D eigenvalue weighted by Gasteiger charge is -2.03. The van der Waals surface area contributed by atoms with Gasteiger partial charge in [0.15, 0.2) is 0 Å². The number of phenolic OH excluding ortho intramolecular Hbond substituents is 2. The van der Waals surface area contributed by atoms with E-state index in [9.17, 15) is 8.42 Å². The first-order chi connectivity index (χ1) is 14.8. The van der Waals surface area contributed by atoms with Gasteiger partial charge in [0.05, 0.1) is 6.61 Å². The first kappa shape index (κ1) is 29.7. The molecule has 6 nitrogen and oxygen atoms in total. The van der Waals surface area contributed by atoms with Crippen molar-refractivity contribution in [3.63, 3.8) is 0 Å². The molecule has 0 saturated carbocycles. The molecule has 0 amide bonds. The van der Waals surface area contributed by atoms with Crippen molar-refractivity contribution in [3.05, 3.63) is 24.3 Å². The fourth-order valence-corrected chi connectivity index (χ4v) is 3.60. The first-order valence-corrected chi connectivity index (χ1v) is 13.3. The highest BCUT2D eigenvalue weighted by Crippen LogP contribution is 2.14. The third-order valence-corrected chi connectivity index (χ3v) is 5.54. The van der Waals surface area contributed by atoms with E-state index in [2.05, 4.69) is 11.1 Å². The van der Waals surface area contributed by atoms with E-state index in [4.69, 9.17) is 14.8 Å². The Morgan fingerprint density at radius 3 is 1.19 bits per heavy atom. The van der Waals surface area contributed by atoms with Gasteiger partial charge >= 0.3 is 10.4 Å². The number of phenols is 2. The molecule has 1 aromatic rings. The van der Waals surface area contributed by atoms with Gasteiger partial charge in [0.25, 0.3) is 0 Å². The summed E-state index contributed by atoms with van der Waals surface area (Å²) >= 11 is 0. The minimum atomic E-state index is -4.24. The lowest BCUT2D eigenvalue weighted by molar-refractivity contribution is 0.261. The van der Waals surface area contributed by atoms with Gasteiger partial charge in [-0.1, -0.05) is 103 Å². The quantitative estimate of drug-likeness (QED) is 0.122. The molecule has 0 atom stereocenters. The topological polar surface area (TPSA) is 104 Å². The molecule has 0 unspecified atom stereocenters. The van der Waals surface area contributed by atoms with Crippen molar-refractivity contribution in [2.75, 3.05) is 6.61 Å². The average Bonchev–Trinajstić information content (AvgIpc) is 2.72. The van der Waals surface area contributed by atoms with Crippen LogP contribution in [0.5, 0.6) is 11.5 Å². The molecule has 0 aliphatic carbocycles. The van der Waals surface area contributed by atoms with E-state index in [1.165, 1.54) is 108 Å². The second-order valence-electron chi connectivity index (χ2n) is 8.07. The molecule has 0 fully saturated rings. The summed E-state index contributed by atoms with van der Waals surface area (Å²) in [6.45, 7) is 2.36. The number of benzene rings is 1. The highest BCUT2D eigenvalue weighted by atomic mass is 32.3. The van der Waals surface area contributed by atoms with Crippen molar-refractivity contribution in [3.8, 4) is 11.5 Å². The number of hydrogen-bond donors (Lipinski definition) is 3. The molecule has 0 aromatic heterocycles. The molecule has 0 spiro atoms. The zero-order chi connectivity index (χ0) is 23.2. The van der Waals surface area contributed by atoms with Gasteiger partial charge in [-0.25, -0.2) is 4.18 Å². The Labute approximate surface area is 190 Å². The Hall–Kier alpha value is -1.31. The van der Waals surface area contributed by atoms with Crippen LogP contribution < -0.4 is 0 Å². The molecule has 1 aromatic carbocycles. The summed E-state index contributed by atoms with van der Waals surface area (Å²) in [6, 6.07) is 5.70. The smallest absolute Gasteiger partial charge is 0.397 e. The maximum atomic E-state index is 10.3. The van der Waals surface area contributed by atoms with Crippen molar-refractivity contribution < 1.29 is 27.4 Å². The van der Waals surface area contributed by atoms with Gasteiger partial charge < -0.3 is 10.2 Å². The Morgan fingerprint density at radius 2 is 0.903 bits per heavy atom. The fraction of sp³-hybridized carbons (Fsp3) is 0.750. The summed E-state index contributed by atoms with van der Waals surface area (Å²) in [5.41, 5.74) is 0. The highest BCUT2D eigenvalue weighted by Gasteiger charge is 2.02. The molecule has 7 heteroatoms. The second kappa shape index (κ2) is 20.6. The first-order valence-electron chi connectivity index (χ1n) is 11.9. The summed E-state index contributed by atoms with van der Waals surface area (Å²) in [4.78, 5) is 0. The van der Waals surface area contributed by atoms with Crippen molar-refractivity contribution in [2.24, 2.45) is 0 Å². The molecule has 182 valence electrons. The van der Waals surface area contributed by atoms with Crippen molar-refractivity contribution in [2.45, 2.75) is 110 Å². The van der Waals surface area contributed by atoms with E-state index < -0.39 is 10.4 Å². The number of hydrogen-bond acceptors (Lipinski definition) is 5. The molecule has 31 heavy (non-hydrogen) atoms. The molecular formula is C24H44O6S. The summed E-state index contributed by atoms with van der Waals surface area (Å²) in [7, 11) is -4.24. The standard InChI is InChI=1S/C18H38O4S.C6H6O2/c1-2-3-4-5-6-7-8-9-10-11-12-13-14-15-16-17-18-22-23(19,20)21;7-5-1-2-6(8)4-3-5/h2-18H2,1H3,(H,19,20,21);1-4,7-8H. The van der Waals surface area contributed by atoms with Gasteiger partial charge in [-0.15, -0.1) is 0 Å². The van der Waals surface area contributed by atoms with Crippen LogP contribution in [0.3, 0.4) is 0 Å². The van der Waals surface area contributed by atoms with Crippen LogP contribution in [0.1, 0.15) is 110 Å². The van der Waals surface area contributed by atoms with E-state index in [1.807, 2.05) is 0 Å². The normalized spacial score (nSPS) is 11.2. The Bertz CT molecular complexity index is 580. The van der Waals surface area contributed by atoms with Crippen LogP contribution >= 0.6 is 0 Å². The minimum absolute atomic E-state index is 0.0945. The maximum Gasteiger partial charge on any atom is 0.397 e. The lowest BCUT2D eigenvalue weighted by Crippen LogP contribution is -2.04. The molecule has 3 N–H and O–H groups in total. The minimum Gasteiger partial charge on any atom is -0.508 e. The highest BCUT2D eigenvalue weighted by molar-refractivity contribution is 7.80. The van der Waals surface area contributed by atoms with Crippen LogP contribution in [0.15, 0.2) is 24.3 Å². The Balaban J connectivity index is 0.000000929. The molecule has 0 saturated heterocycles. The SMILES string of the molecule is CCCCCCCCCCCCCCCCCCOS(=O)(=O)O.Oc1ccc(O)cc1. The number of aromatic hydroxyl groups is 2. The summed E-state index contributed by atoms with van der Waals surface area (Å²) in [5.74, 6) is 0.339. The predicted octanol–water partition coefficient (Wildman–Crippen LogP) is 7.17. The van der Waals surface area contributed by atoms with Gasteiger partial charge in [-0.3, -0.25) is 4.55 Å². The third-order valence-electron chi connectivity index (χ3n) is 5.08. The lowest BCUT2D eigenvalue weighted by atomic mass is 10.0. The van der Waals surface area contributed by atoms with Gasteiger partial charge in [-0.2, -0.15) is 8.42 Å². The Morgan fingerprint density at radius 1 is 0.613 bits per heavy atom. The molecule has 0 bridgehead atoms. The van der Waals surface area contributed by atoms with Gasteiger partial charge in [0.1, 0.15) is 11.5 Å². The second-order valence-corrected chi connectivity index (χ2v) is 9.16. The van der Waals surface area contributed by atoms with Gasteiger partial charge in [0, 0.05) is 0 Å². The zero-order valence-electron chi connectivity index (χ0n) is 19.3. The number of unbranched alkanes of at least 4 members (excludes halogenated alkanes) is 15. The van der Waals surface area contributed by atoms with E-state index >= 15 is 0 Å². The van der Waals surface area contributed by atoms with Crippen LogP contribution in [0.2, 0.25) is 0 Å². The fourth-order valence-electron chi connectivity index (χ4n) is 3.27. The van der Waals surface area contributed by atoms with Crippen LogP contribution in [0.25, 0.3) is 0 Å². The molecule has 0 aliphatic heterocycles. The maximum absolute atomic E-state index is 10.3. The molecule has 1 rings (SSSR count). The van der Waals surface area contributed by atoms with Crippen molar-refractivity contribution >= 4 is 10.4 Å². The zero-order valence-corrected chi connectivity index (χ0v) is 20.1. The molecule has 0 radical (unpaired) electrons. The Kier molecular flexibility index (Phi) is 19.7. The monoisotopic (exact) mass is 460 g/mol. The van der Waals surface area contributed by atoms with E-state index in [1.54, 1.807) is 0 Å². The number of rotatable bonds is 18. The van der Waals surface area contributed by atoms with E-state index in [0.717, 1.165) is 12.8 Å². The average molecular weight is 461 g/mol. The van der Waals surface area contributed by atoms with E-state index in [-0.39, 0.29) is 18.1 Å². The van der Waals surface area contributed by atoms with Crippen molar-refractivity contribution in [1.29, 1.82) is 0 Å². The van der Waals surface area contributed by atoms with Gasteiger partial charge in [-0.05, 0) is 30.7 Å². The van der Waals surface area contributed by atoms with Gasteiger partial charge in [0.2, 0.25) is 0 Å². The summed E-state index contributed by atoms with van der Waals surface area (Å²) < 4.78 is 33.3. The van der Waals surface area contributed by atoms with Crippen LogP contribution in [-0.2, 0) is 14.6 Å². The van der Waals surface area contributed by atoms with Crippen LogP contribution in [0.4, 0.5) is 0 Å². The third kappa shape index (κ3) is 24.8. The molecular weight excluding hydrogens is 416 g/mol. The van der Waals surface area contributed by atoms with Crippen LogP contribution in [0, 0.1) is 0 Å². The molecule has 0 heterocycles. The summed E-state index contributed by atoms with van der Waals surface area (Å²) in [5, 5.41) is 17.3. The predicted molar refractivity (Wildman–Crippen MR) is 127 cm³/mol. The van der Waals surface area contributed by atoms with Crippen LogP contribution in [-0.4, -0.2) is 29.8 Å². The van der Waals surface area contributed by atoms with E-state index in [0.29, 0.717) is 6.42 Å². The largest absolute Gasteiger partial charge is 0.508 e. The molecule has 0 aliphatic rings. The van der Waals surface area contributed by atoms with Crippen molar-refractivity contribution in [1.82, 2.24) is 0 Å².